The third kappa shape index (κ3) is 2.87. The maximum Gasteiger partial charge on any atom is 0.159 e. The molecule has 0 amide bonds. The highest BCUT2D eigenvalue weighted by atomic mass is 35.5. The average molecular weight is 280 g/mol. The largest absolute Gasteiger partial charge is 0.370 e. The number of rotatable bonds is 4. The van der Waals surface area contributed by atoms with Crippen LogP contribution in [-0.2, 0) is 0 Å². The summed E-state index contributed by atoms with van der Waals surface area (Å²) in [6.45, 7) is 8.68. The second-order valence-electron chi connectivity index (χ2n) is 4.48. The van der Waals surface area contributed by atoms with E-state index in [9.17, 15) is 0 Å². The standard InChI is InChI=1S/C13H18ClN5/c1-5-6-15-11-7-12(17-10(4)16-11)19-9(3)13(14)8(2)18-19/h7H,5-6H2,1-4H3,(H,15,16,17). The first-order chi connectivity index (χ1) is 9.02. The van der Waals surface area contributed by atoms with Crippen molar-refractivity contribution in [1.82, 2.24) is 19.7 Å². The van der Waals surface area contributed by atoms with Gasteiger partial charge < -0.3 is 5.32 Å². The molecule has 0 spiro atoms. The maximum atomic E-state index is 6.17. The van der Waals surface area contributed by atoms with Gasteiger partial charge in [-0.3, -0.25) is 0 Å². The van der Waals surface area contributed by atoms with Crippen LogP contribution in [0.25, 0.3) is 5.82 Å². The lowest BCUT2D eigenvalue weighted by Gasteiger charge is -2.08. The maximum absolute atomic E-state index is 6.17. The number of aromatic nitrogens is 4. The summed E-state index contributed by atoms with van der Waals surface area (Å²) in [7, 11) is 0. The predicted molar refractivity (Wildman–Crippen MR) is 77.2 cm³/mol. The Morgan fingerprint density at radius 3 is 2.58 bits per heavy atom. The van der Waals surface area contributed by atoms with Crippen molar-refractivity contribution < 1.29 is 0 Å². The van der Waals surface area contributed by atoms with Gasteiger partial charge in [0.25, 0.3) is 0 Å². The summed E-state index contributed by atoms with van der Waals surface area (Å²) in [5, 5.41) is 8.35. The van der Waals surface area contributed by atoms with Crippen LogP contribution < -0.4 is 5.32 Å². The number of anilines is 1. The molecule has 0 saturated heterocycles. The molecule has 0 bridgehead atoms. The van der Waals surface area contributed by atoms with Gasteiger partial charge in [0.15, 0.2) is 5.82 Å². The minimum Gasteiger partial charge on any atom is -0.370 e. The second kappa shape index (κ2) is 5.57. The number of aryl methyl sites for hydroxylation is 2. The molecule has 0 saturated carbocycles. The molecule has 0 unspecified atom stereocenters. The molecule has 19 heavy (non-hydrogen) atoms. The zero-order chi connectivity index (χ0) is 14.0. The lowest BCUT2D eigenvalue weighted by atomic mass is 10.4. The fourth-order valence-corrected chi connectivity index (χ4v) is 1.97. The van der Waals surface area contributed by atoms with E-state index in [1.54, 1.807) is 4.68 Å². The topological polar surface area (TPSA) is 55.6 Å². The SMILES string of the molecule is CCCNc1cc(-n2nc(C)c(Cl)c2C)nc(C)n1. The summed E-state index contributed by atoms with van der Waals surface area (Å²) in [5.74, 6) is 2.26. The summed E-state index contributed by atoms with van der Waals surface area (Å²) >= 11 is 6.17. The molecule has 102 valence electrons. The number of hydrogen-bond acceptors (Lipinski definition) is 4. The van der Waals surface area contributed by atoms with Gasteiger partial charge in [0.05, 0.1) is 16.4 Å². The summed E-state index contributed by atoms with van der Waals surface area (Å²) < 4.78 is 1.75. The van der Waals surface area contributed by atoms with E-state index in [2.05, 4.69) is 27.3 Å². The van der Waals surface area contributed by atoms with Crippen LogP contribution in [0.15, 0.2) is 6.07 Å². The van der Waals surface area contributed by atoms with Crippen LogP contribution in [0.5, 0.6) is 0 Å². The quantitative estimate of drug-likeness (QED) is 0.934. The van der Waals surface area contributed by atoms with Crippen molar-refractivity contribution in [2.75, 3.05) is 11.9 Å². The molecule has 0 radical (unpaired) electrons. The molecular weight excluding hydrogens is 262 g/mol. The highest BCUT2D eigenvalue weighted by Gasteiger charge is 2.12. The van der Waals surface area contributed by atoms with Crippen molar-refractivity contribution in [3.63, 3.8) is 0 Å². The molecule has 1 N–H and O–H groups in total. The third-order valence-electron chi connectivity index (χ3n) is 2.80. The van der Waals surface area contributed by atoms with Crippen LogP contribution in [-0.4, -0.2) is 26.3 Å². The highest BCUT2D eigenvalue weighted by Crippen LogP contribution is 2.22. The lowest BCUT2D eigenvalue weighted by molar-refractivity contribution is 0.792. The zero-order valence-electron chi connectivity index (χ0n) is 11.7. The smallest absolute Gasteiger partial charge is 0.159 e. The van der Waals surface area contributed by atoms with Crippen LogP contribution in [0.4, 0.5) is 5.82 Å². The first kappa shape index (κ1) is 13.8. The van der Waals surface area contributed by atoms with Crippen molar-refractivity contribution in [2.24, 2.45) is 0 Å². The fourth-order valence-electron chi connectivity index (χ4n) is 1.85. The molecule has 0 atom stereocenters. The Morgan fingerprint density at radius 2 is 2.00 bits per heavy atom. The van der Waals surface area contributed by atoms with Gasteiger partial charge in [-0.05, 0) is 27.2 Å². The summed E-state index contributed by atoms with van der Waals surface area (Å²) in [4.78, 5) is 8.78. The molecule has 2 aromatic heterocycles. The van der Waals surface area contributed by atoms with Crippen molar-refractivity contribution in [3.8, 4) is 5.82 Å². The molecular formula is C13H18ClN5. The minimum absolute atomic E-state index is 0.680. The van der Waals surface area contributed by atoms with Crippen LogP contribution in [0, 0.1) is 20.8 Å². The highest BCUT2D eigenvalue weighted by molar-refractivity contribution is 6.31. The Morgan fingerprint density at radius 1 is 1.26 bits per heavy atom. The van der Waals surface area contributed by atoms with Crippen molar-refractivity contribution in [3.05, 3.63) is 28.3 Å². The first-order valence-corrected chi connectivity index (χ1v) is 6.72. The van der Waals surface area contributed by atoms with E-state index >= 15 is 0 Å². The number of nitrogens with one attached hydrogen (secondary N) is 1. The number of hydrogen-bond donors (Lipinski definition) is 1. The Hall–Kier alpha value is -1.62. The van der Waals surface area contributed by atoms with Crippen molar-refractivity contribution in [2.45, 2.75) is 34.1 Å². The Bertz CT molecular complexity index is 591. The van der Waals surface area contributed by atoms with Crippen LogP contribution >= 0.6 is 11.6 Å². The molecule has 0 aliphatic heterocycles. The van der Waals surface area contributed by atoms with Crippen LogP contribution in [0.3, 0.4) is 0 Å². The van der Waals surface area contributed by atoms with Crippen molar-refractivity contribution >= 4 is 17.4 Å². The van der Waals surface area contributed by atoms with E-state index in [0.717, 1.165) is 36.0 Å². The van der Waals surface area contributed by atoms with E-state index in [-0.39, 0.29) is 0 Å². The van der Waals surface area contributed by atoms with Crippen LogP contribution in [0.2, 0.25) is 5.02 Å². The molecule has 5 nitrogen and oxygen atoms in total. The van der Waals surface area contributed by atoms with Crippen molar-refractivity contribution in [1.29, 1.82) is 0 Å². The first-order valence-electron chi connectivity index (χ1n) is 6.34. The summed E-state index contributed by atoms with van der Waals surface area (Å²) in [6, 6.07) is 1.89. The average Bonchev–Trinajstić information content (AvgIpc) is 2.63. The van der Waals surface area contributed by atoms with Gasteiger partial charge in [-0.15, -0.1) is 0 Å². The van der Waals surface area contributed by atoms with Gasteiger partial charge in [-0.25, -0.2) is 14.6 Å². The van der Waals surface area contributed by atoms with Gasteiger partial charge in [-0.1, -0.05) is 18.5 Å². The number of nitrogens with zero attached hydrogens (tertiary/aromatic N) is 4. The Balaban J connectivity index is 2.43. The second-order valence-corrected chi connectivity index (χ2v) is 4.86. The van der Waals surface area contributed by atoms with Crippen LogP contribution in [0.1, 0.15) is 30.6 Å². The lowest BCUT2D eigenvalue weighted by Crippen LogP contribution is -2.08. The fraction of sp³-hybridized carbons (Fsp3) is 0.462. The molecule has 0 aliphatic carbocycles. The molecule has 0 aromatic carbocycles. The molecule has 2 heterocycles. The zero-order valence-corrected chi connectivity index (χ0v) is 12.4. The normalized spacial score (nSPS) is 10.8. The minimum atomic E-state index is 0.680. The van der Waals surface area contributed by atoms with E-state index < -0.39 is 0 Å². The summed E-state index contributed by atoms with van der Waals surface area (Å²) in [5.41, 5.74) is 1.69. The Kier molecular flexibility index (Phi) is 4.04. The van der Waals surface area contributed by atoms with E-state index in [4.69, 9.17) is 11.6 Å². The molecule has 0 fully saturated rings. The Labute approximate surface area is 118 Å². The molecule has 0 aliphatic rings. The third-order valence-corrected chi connectivity index (χ3v) is 3.35. The van der Waals surface area contributed by atoms with Gasteiger partial charge in [0.2, 0.25) is 0 Å². The van der Waals surface area contributed by atoms with Gasteiger partial charge in [-0.2, -0.15) is 5.10 Å². The molecule has 2 rings (SSSR count). The summed E-state index contributed by atoms with van der Waals surface area (Å²) in [6.07, 6.45) is 1.05. The predicted octanol–water partition coefficient (Wildman–Crippen LogP) is 3.06. The number of halogens is 1. The van der Waals surface area contributed by atoms with Gasteiger partial charge in [0, 0.05) is 12.6 Å². The van der Waals surface area contributed by atoms with E-state index in [1.807, 2.05) is 26.8 Å². The molecule has 2 aromatic rings. The van der Waals surface area contributed by atoms with E-state index in [0.29, 0.717) is 10.8 Å². The van der Waals surface area contributed by atoms with E-state index in [1.165, 1.54) is 0 Å². The van der Waals surface area contributed by atoms with Gasteiger partial charge in [0.1, 0.15) is 11.6 Å². The monoisotopic (exact) mass is 279 g/mol. The molecule has 6 heteroatoms. The van der Waals surface area contributed by atoms with Gasteiger partial charge >= 0.3 is 0 Å².